The van der Waals surface area contributed by atoms with Crippen molar-refractivity contribution in [2.45, 2.75) is 38.6 Å². The third-order valence-electron chi connectivity index (χ3n) is 1.99. The first-order chi connectivity index (χ1) is 6.68. The van der Waals surface area contributed by atoms with E-state index in [1.165, 1.54) is 25.0 Å². The van der Waals surface area contributed by atoms with E-state index < -0.39 is 0 Å². The molecule has 14 heavy (non-hydrogen) atoms. The molecule has 0 aromatic rings. The van der Waals surface area contributed by atoms with Crippen molar-refractivity contribution >= 4 is 17.7 Å². The quantitative estimate of drug-likeness (QED) is 0.605. The van der Waals surface area contributed by atoms with Crippen molar-refractivity contribution in [1.29, 1.82) is 0 Å². The summed E-state index contributed by atoms with van der Waals surface area (Å²) in [5, 5.41) is 2.80. The normalized spacial score (nSPS) is 12.5. The molecule has 0 bridgehead atoms. The van der Waals surface area contributed by atoms with Gasteiger partial charge in [-0.15, -0.1) is 0 Å². The summed E-state index contributed by atoms with van der Waals surface area (Å²) in [5.74, 6) is 1.20. The number of rotatable bonds is 8. The van der Waals surface area contributed by atoms with Crippen LogP contribution in [-0.2, 0) is 4.79 Å². The van der Waals surface area contributed by atoms with Crippen molar-refractivity contribution < 1.29 is 4.79 Å². The molecule has 0 spiro atoms. The van der Waals surface area contributed by atoms with E-state index in [1.807, 2.05) is 11.8 Å². The summed E-state index contributed by atoms with van der Waals surface area (Å²) >= 11 is 1.89. The number of hydrogen-bond acceptors (Lipinski definition) is 3. The van der Waals surface area contributed by atoms with Crippen LogP contribution in [0.2, 0.25) is 0 Å². The van der Waals surface area contributed by atoms with E-state index in [2.05, 4.69) is 11.6 Å². The first-order valence-electron chi connectivity index (χ1n) is 5.20. The lowest BCUT2D eigenvalue weighted by atomic mass is 10.2. The zero-order valence-electron chi connectivity index (χ0n) is 9.21. The summed E-state index contributed by atoms with van der Waals surface area (Å²) in [7, 11) is 0. The van der Waals surface area contributed by atoms with Gasteiger partial charge in [-0.25, -0.2) is 0 Å². The van der Waals surface area contributed by atoms with Gasteiger partial charge in [0.15, 0.2) is 0 Å². The molecule has 0 fully saturated rings. The molecule has 1 amide bonds. The van der Waals surface area contributed by atoms with Crippen LogP contribution in [0.25, 0.3) is 0 Å². The molecule has 0 aromatic carbocycles. The minimum absolute atomic E-state index is 0.0471. The Balaban J connectivity index is 3.10. The van der Waals surface area contributed by atoms with Gasteiger partial charge in [0, 0.05) is 6.54 Å². The largest absolute Gasteiger partial charge is 0.355 e. The lowest BCUT2D eigenvalue weighted by molar-refractivity contribution is -0.121. The van der Waals surface area contributed by atoms with E-state index in [0.29, 0.717) is 0 Å². The Hall–Kier alpha value is -0.220. The summed E-state index contributed by atoms with van der Waals surface area (Å²) in [4.78, 5) is 11.0. The minimum atomic E-state index is -0.383. The fourth-order valence-electron chi connectivity index (χ4n) is 1.10. The fourth-order valence-corrected chi connectivity index (χ4v) is 1.59. The van der Waals surface area contributed by atoms with Gasteiger partial charge in [-0.2, -0.15) is 11.8 Å². The Morgan fingerprint density at radius 3 is 2.57 bits per heavy atom. The molecule has 0 aliphatic carbocycles. The highest BCUT2D eigenvalue weighted by atomic mass is 32.2. The minimum Gasteiger partial charge on any atom is -0.355 e. The maximum atomic E-state index is 11.0. The van der Waals surface area contributed by atoms with Crippen molar-refractivity contribution in [3.05, 3.63) is 0 Å². The van der Waals surface area contributed by atoms with Crippen LogP contribution in [0.3, 0.4) is 0 Å². The van der Waals surface area contributed by atoms with E-state index in [9.17, 15) is 4.79 Å². The first-order valence-corrected chi connectivity index (χ1v) is 6.60. The highest BCUT2D eigenvalue weighted by molar-refractivity contribution is 7.98. The molecule has 0 saturated carbocycles. The average Bonchev–Trinajstić information content (AvgIpc) is 2.16. The Kier molecular flexibility index (Phi) is 9.19. The SMILES string of the molecule is CSCCCCCCNC(=O)[C@@H](C)N. The van der Waals surface area contributed by atoms with E-state index in [-0.39, 0.29) is 11.9 Å². The molecular formula is C10H22N2OS. The molecule has 4 heteroatoms. The second kappa shape index (κ2) is 9.34. The van der Waals surface area contributed by atoms with E-state index in [4.69, 9.17) is 5.73 Å². The van der Waals surface area contributed by atoms with Gasteiger partial charge in [-0.1, -0.05) is 12.8 Å². The van der Waals surface area contributed by atoms with Gasteiger partial charge in [0.25, 0.3) is 0 Å². The zero-order valence-corrected chi connectivity index (χ0v) is 10.0. The molecule has 0 radical (unpaired) electrons. The molecule has 3 nitrogen and oxygen atoms in total. The highest BCUT2D eigenvalue weighted by Gasteiger charge is 2.04. The van der Waals surface area contributed by atoms with Crippen molar-refractivity contribution in [2.24, 2.45) is 5.73 Å². The van der Waals surface area contributed by atoms with E-state index in [0.717, 1.165) is 13.0 Å². The van der Waals surface area contributed by atoms with Crippen LogP contribution in [-0.4, -0.2) is 30.5 Å². The molecule has 1 atom stereocenters. The first kappa shape index (κ1) is 13.8. The highest BCUT2D eigenvalue weighted by Crippen LogP contribution is 2.03. The third kappa shape index (κ3) is 8.38. The number of nitrogens with one attached hydrogen (secondary N) is 1. The van der Waals surface area contributed by atoms with Crippen molar-refractivity contribution in [1.82, 2.24) is 5.32 Å². The summed E-state index contributed by atoms with van der Waals surface area (Å²) < 4.78 is 0. The smallest absolute Gasteiger partial charge is 0.236 e. The standard InChI is InChI=1S/C10H22N2OS/c1-9(11)10(13)12-7-5-3-4-6-8-14-2/h9H,3-8,11H2,1-2H3,(H,12,13)/t9-/m1/s1. The number of carbonyl (C=O) groups is 1. The van der Waals surface area contributed by atoms with Gasteiger partial charge in [-0.05, 0) is 31.8 Å². The van der Waals surface area contributed by atoms with Crippen LogP contribution >= 0.6 is 11.8 Å². The Morgan fingerprint density at radius 1 is 1.36 bits per heavy atom. The fraction of sp³-hybridized carbons (Fsp3) is 0.900. The number of amides is 1. The van der Waals surface area contributed by atoms with Crippen molar-refractivity contribution in [3.8, 4) is 0 Å². The van der Waals surface area contributed by atoms with E-state index in [1.54, 1.807) is 6.92 Å². The Labute approximate surface area is 91.2 Å². The van der Waals surface area contributed by atoms with Gasteiger partial charge >= 0.3 is 0 Å². The number of carbonyl (C=O) groups excluding carboxylic acids is 1. The molecule has 3 N–H and O–H groups in total. The van der Waals surface area contributed by atoms with Crippen molar-refractivity contribution in [3.63, 3.8) is 0 Å². The predicted octanol–water partition coefficient (Wildman–Crippen LogP) is 1.37. The maximum absolute atomic E-state index is 11.0. The second-order valence-electron chi connectivity index (χ2n) is 3.49. The average molecular weight is 218 g/mol. The van der Waals surface area contributed by atoms with Gasteiger partial charge in [0.1, 0.15) is 0 Å². The second-order valence-corrected chi connectivity index (χ2v) is 4.47. The van der Waals surface area contributed by atoms with Gasteiger partial charge in [0.05, 0.1) is 6.04 Å². The number of thioether (sulfide) groups is 1. The molecule has 0 unspecified atom stereocenters. The molecule has 84 valence electrons. The Bertz CT molecular complexity index is 151. The van der Waals surface area contributed by atoms with Gasteiger partial charge in [-0.3, -0.25) is 4.79 Å². The third-order valence-corrected chi connectivity index (χ3v) is 2.68. The predicted molar refractivity (Wildman–Crippen MR) is 63.5 cm³/mol. The molecule has 0 aromatic heterocycles. The summed E-state index contributed by atoms with van der Waals surface area (Å²) in [6.07, 6.45) is 6.92. The lowest BCUT2D eigenvalue weighted by Gasteiger charge is -2.06. The molecular weight excluding hydrogens is 196 g/mol. The topological polar surface area (TPSA) is 55.1 Å². The number of nitrogens with two attached hydrogens (primary N) is 1. The van der Waals surface area contributed by atoms with Crippen molar-refractivity contribution in [2.75, 3.05) is 18.6 Å². The van der Waals surface area contributed by atoms with Gasteiger partial charge in [0.2, 0.25) is 5.91 Å². The lowest BCUT2D eigenvalue weighted by Crippen LogP contribution is -2.38. The van der Waals surface area contributed by atoms with Crippen LogP contribution < -0.4 is 11.1 Å². The molecule has 0 aliphatic heterocycles. The summed E-state index contributed by atoms with van der Waals surface area (Å²) in [6, 6.07) is -0.383. The van der Waals surface area contributed by atoms with Crippen LogP contribution in [0.5, 0.6) is 0 Å². The summed E-state index contributed by atoms with van der Waals surface area (Å²) in [6.45, 7) is 2.47. The van der Waals surface area contributed by atoms with Crippen LogP contribution in [0.15, 0.2) is 0 Å². The molecule has 0 aliphatic rings. The summed E-state index contributed by atoms with van der Waals surface area (Å²) in [5.41, 5.74) is 5.40. The number of unbranched alkanes of at least 4 members (excludes halogenated alkanes) is 3. The van der Waals surface area contributed by atoms with Gasteiger partial charge < -0.3 is 11.1 Å². The van der Waals surface area contributed by atoms with Crippen LogP contribution in [0.1, 0.15) is 32.6 Å². The monoisotopic (exact) mass is 218 g/mol. The van der Waals surface area contributed by atoms with Crippen LogP contribution in [0.4, 0.5) is 0 Å². The Morgan fingerprint density at radius 2 is 2.00 bits per heavy atom. The molecule has 0 saturated heterocycles. The van der Waals surface area contributed by atoms with E-state index >= 15 is 0 Å². The maximum Gasteiger partial charge on any atom is 0.236 e. The number of hydrogen-bond donors (Lipinski definition) is 2. The molecule has 0 rings (SSSR count). The molecule has 0 heterocycles. The van der Waals surface area contributed by atoms with Crippen LogP contribution in [0, 0.1) is 0 Å². The zero-order chi connectivity index (χ0) is 10.8.